The SMILES string of the molecule is CC(NC(=O)C1CCCN1C(=O)CC(C)(C)C)c1ccc(Br)cc1. The van der Waals surface area contributed by atoms with Crippen LogP contribution in [0, 0.1) is 5.41 Å². The molecule has 1 fully saturated rings. The lowest BCUT2D eigenvalue weighted by Crippen LogP contribution is -2.47. The van der Waals surface area contributed by atoms with Crippen LogP contribution in [0.25, 0.3) is 0 Å². The normalized spacial score (nSPS) is 19.2. The van der Waals surface area contributed by atoms with Gasteiger partial charge in [-0.3, -0.25) is 9.59 Å². The van der Waals surface area contributed by atoms with Gasteiger partial charge < -0.3 is 10.2 Å². The van der Waals surface area contributed by atoms with Crippen molar-refractivity contribution in [1.29, 1.82) is 0 Å². The quantitative estimate of drug-likeness (QED) is 0.836. The lowest BCUT2D eigenvalue weighted by atomic mass is 9.91. The largest absolute Gasteiger partial charge is 0.348 e. The number of nitrogens with one attached hydrogen (secondary N) is 1. The van der Waals surface area contributed by atoms with Crippen LogP contribution in [0.4, 0.5) is 0 Å². The first kappa shape index (κ1) is 19.0. The Morgan fingerprint density at radius 1 is 1.29 bits per heavy atom. The van der Waals surface area contributed by atoms with Crippen molar-refractivity contribution in [2.45, 2.75) is 59.0 Å². The minimum Gasteiger partial charge on any atom is -0.348 e. The Bertz CT molecular complexity index is 592. The summed E-state index contributed by atoms with van der Waals surface area (Å²) < 4.78 is 1.01. The van der Waals surface area contributed by atoms with Gasteiger partial charge in [0.05, 0.1) is 6.04 Å². The smallest absolute Gasteiger partial charge is 0.243 e. The molecule has 1 aliphatic rings. The Hall–Kier alpha value is -1.36. The van der Waals surface area contributed by atoms with Crippen LogP contribution in [0.5, 0.6) is 0 Å². The Morgan fingerprint density at radius 3 is 2.50 bits per heavy atom. The number of likely N-dealkylation sites (tertiary alicyclic amines) is 1. The molecular weight excluding hydrogens is 368 g/mol. The number of rotatable bonds is 4. The van der Waals surface area contributed by atoms with E-state index in [1.54, 1.807) is 4.90 Å². The monoisotopic (exact) mass is 394 g/mol. The molecule has 2 rings (SSSR count). The van der Waals surface area contributed by atoms with Gasteiger partial charge in [0.2, 0.25) is 11.8 Å². The van der Waals surface area contributed by atoms with Gasteiger partial charge >= 0.3 is 0 Å². The van der Waals surface area contributed by atoms with E-state index in [-0.39, 0.29) is 29.3 Å². The van der Waals surface area contributed by atoms with Gasteiger partial charge in [0, 0.05) is 17.4 Å². The molecule has 132 valence electrons. The summed E-state index contributed by atoms with van der Waals surface area (Å²) in [6.45, 7) is 8.79. The number of benzene rings is 1. The third-order valence-electron chi connectivity index (χ3n) is 4.29. The van der Waals surface area contributed by atoms with Crippen molar-refractivity contribution in [2.24, 2.45) is 5.41 Å². The molecule has 0 saturated carbocycles. The molecule has 0 radical (unpaired) electrons. The number of hydrogen-bond donors (Lipinski definition) is 1. The van der Waals surface area contributed by atoms with Gasteiger partial charge in [-0.25, -0.2) is 0 Å². The molecule has 2 atom stereocenters. The topological polar surface area (TPSA) is 49.4 Å². The number of nitrogens with zero attached hydrogens (tertiary/aromatic N) is 1. The summed E-state index contributed by atoms with van der Waals surface area (Å²) in [7, 11) is 0. The molecule has 1 N–H and O–H groups in total. The summed E-state index contributed by atoms with van der Waals surface area (Å²) in [6, 6.07) is 7.50. The highest BCUT2D eigenvalue weighted by Gasteiger charge is 2.35. The van der Waals surface area contributed by atoms with E-state index in [1.807, 2.05) is 52.0 Å². The van der Waals surface area contributed by atoms with E-state index < -0.39 is 0 Å². The molecule has 0 bridgehead atoms. The minimum atomic E-state index is -0.335. The van der Waals surface area contributed by atoms with E-state index in [2.05, 4.69) is 21.2 Å². The molecule has 0 aliphatic carbocycles. The van der Waals surface area contributed by atoms with Gasteiger partial charge in [0.25, 0.3) is 0 Å². The predicted octanol–water partition coefficient (Wildman–Crippen LogP) is 4.05. The van der Waals surface area contributed by atoms with Crippen LogP contribution in [0.3, 0.4) is 0 Å². The second-order valence-electron chi connectivity index (χ2n) is 7.76. The van der Waals surface area contributed by atoms with E-state index in [9.17, 15) is 9.59 Å². The van der Waals surface area contributed by atoms with Crippen molar-refractivity contribution in [3.8, 4) is 0 Å². The Morgan fingerprint density at radius 2 is 1.92 bits per heavy atom. The van der Waals surface area contributed by atoms with E-state index in [0.29, 0.717) is 13.0 Å². The maximum absolute atomic E-state index is 12.7. The molecule has 1 aromatic carbocycles. The Balaban J connectivity index is 2.00. The maximum Gasteiger partial charge on any atom is 0.243 e. The zero-order valence-electron chi connectivity index (χ0n) is 14.9. The summed E-state index contributed by atoms with van der Waals surface area (Å²) in [5, 5.41) is 3.06. The van der Waals surface area contributed by atoms with Gasteiger partial charge in [0.1, 0.15) is 6.04 Å². The number of amides is 2. The van der Waals surface area contributed by atoms with Crippen LogP contribution < -0.4 is 5.32 Å². The van der Waals surface area contributed by atoms with Crippen LogP contribution in [0.15, 0.2) is 28.7 Å². The second-order valence-corrected chi connectivity index (χ2v) is 8.68. The highest BCUT2D eigenvalue weighted by Crippen LogP contribution is 2.25. The lowest BCUT2D eigenvalue weighted by molar-refractivity contribution is -0.140. The van der Waals surface area contributed by atoms with Crippen LogP contribution in [-0.4, -0.2) is 29.3 Å². The van der Waals surface area contributed by atoms with Crippen LogP contribution >= 0.6 is 15.9 Å². The predicted molar refractivity (Wildman–Crippen MR) is 99.5 cm³/mol. The molecule has 5 heteroatoms. The highest BCUT2D eigenvalue weighted by molar-refractivity contribution is 9.10. The van der Waals surface area contributed by atoms with Gasteiger partial charge in [-0.05, 0) is 42.9 Å². The van der Waals surface area contributed by atoms with E-state index in [1.165, 1.54) is 0 Å². The number of carbonyl (C=O) groups is 2. The fourth-order valence-corrected chi connectivity index (χ4v) is 3.30. The molecule has 1 saturated heterocycles. The van der Waals surface area contributed by atoms with Crippen molar-refractivity contribution in [3.63, 3.8) is 0 Å². The van der Waals surface area contributed by atoms with Gasteiger partial charge in [-0.15, -0.1) is 0 Å². The maximum atomic E-state index is 12.7. The number of hydrogen-bond acceptors (Lipinski definition) is 2. The molecule has 1 aromatic rings. The number of halogens is 1. The van der Waals surface area contributed by atoms with Crippen LogP contribution in [0.2, 0.25) is 0 Å². The molecule has 1 aliphatic heterocycles. The molecule has 1 heterocycles. The summed E-state index contributed by atoms with van der Waals surface area (Å²) in [5.41, 5.74) is 0.989. The average Bonchev–Trinajstić information content (AvgIpc) is 2.95. The van der Waals surface area contributed by atoms with Crippen LogP contribution in [0.1, 0.15) is 58.6 Å². The lowest BCUT2D eigenvalue weighted by Gasteiger charge is -2.28. The fraction of sp³-hybridized carbons (Fsp3) is 0.579. The first-order valence-electron chi connectivity index (χ1n) is 8.53. The van der Waals surface area contributed by atoms with Crippen LogP contribution in [-0.2, 0) is 9.59 Å². The van der Waals surface area contributed by atoms with Crippen molar-refractivity contribution >= 4 is 27.7 Å². The molecule has 24 heavy (non-hydrogen) atoms. The van der Waals surface area contributed by atoms with Crippen molar-refractivity contribution in [3.05, 3.63) is 34.3 Å². The Labute approximate surface area is 153 Å². The fourth-order valence-electron chi connectivity index (χ4n) is 3.04. The molecule has 0 aromatic heterocycles. The second kappa shape index (κ2) is 7.68. The zero-order valence-corrected chi connectivity index (χ0v) is 16.5. The van der Waals surface area contributed by atoms with Gasteiger partial charge in [-0.1, -0.05) is 48.8 Å². The Kier molecular flexibility index (Phi) is 6.07. The van der Waals surface area contributed by atoms with Crippen molar-refractivity contribution < 1.29 is 9.59 Å². The highest BCUT2D eigenvalue weighted by atomic mass is 79.9. The molecular formula is C19H27BrN2O2. The zero-order chi connectivity index (χ0) is 17.9. The molecule has 4 nitrogen and oxygen atoms in total. The van der Waals surface area contributed by atoms with E-state index >= 15 is 0 Å². The van der Waals surface area contributed by atoms with Gasteiger partial charge in [0.15, 0.2) is 0 Å². The first-order chi connectivity index (χ1) is 11.2. The third-order valence-corrected chi connectivity index (χ3v) is 4.81. The summed E-state index contributed by atoms with van der Waals surface area (Å²) >= 11 is 3.42. The van der Waals surface area contributed by atoms with E-state index in [4.69, 9.17) is 0 Å². The molecule has 2 unspecified atom stereocenters. The summed E-state index contributed by atoms with van der Waals surface area (Å²) in [5.74, 6) is 0.0293. The number of carbonyl (C=O) groups excluding carboxylic acids is 2. The summed E-state index contributed by atoms with van der Waals surface area (Å²) in [6.07, 6.45) is 2.11. The van der Waals surface area contributed by atoms with Crippen molar-refractivity contribution in [1.82, 2.24) is 10.2 Å². The molecule has 0 spiro atoms. The van der Waals surface area contributed by atoms with Gasteiger partial charge in [-0.2, -0.15) is 0 Å². The van der Waals surface area contributed by atoms with Crippen molar-refractivity contribution in [2.75, 3.05) is 6.54 Å². The first-order valence-corrected chi connectivity index (χ1v) is 9.32. The third kappa shape index (κ3) is 5.07. The minimum absolute atomic E-state index is 0.0508. The average molecular weight is 395 g/mol. The summed E-state index contributed by atoms with van der Waals surface area (Å²) in [4.78, 5) is 26.9. The standard InChI is InChI=1S/C19H27BrN2O2/c1-13(14-7-9-15(20)10-8-14)21-18(24)16-6-5-11-22(16)17(23)12-19(2,3)4/h7-10,13,16H,5-6,11-12H2,1-4H3,(H,21,24). The van der Waals surface area contributed by atoms with E-state index in [0.717, 1.165) is 22.9 Å². The molecule has 2 amide bonds.